The zero-order chi connectivity index (χ0) is 24.2. The molecule has 0 aliphatic heterocycles. The number of nitrogens with zero attached hydrogens (tertiary/aromatic N) is 2. The van der Waals surface area contributed by atoms with Crippen LogP contribution in [-0.4, -0.2) is 28.8 Å². The summed E-state index contributed by atoms with van der Waals surface area (Å²) < 4.78 is 11.2. The quantitative estimate of drug-likeness (QED) is 0.298. The van der Waals surface area contributed by atoms with E-state index in [4.69, 9.17) is 26.7 Å². The van der Waals surface area contributed by atoms with Crippen molar-refractivity contribution >= 4 is 38.9 Å². The van der Waals surface area contributed by atoms with Crippen LogP contribution in [0.15, 0.2) is 48.7 Å². The fraction of sp³-hybridized carbons (Fsp3) is 0.167. The molecular formula is C24H21N5O4S. The predicted molar refractivity (Wildman–Crippen MR) is 128 cm³/mol. The van der Waals surface area contributed by atoms with Crippen LogP contribution in [0.1, 0.15) is 38.1 Å². The molecule has 0 spiro atoms. The first-order valence-corrected chi connectivity index (χ1v) is 11.2. The van der Waals surface area contributed by atoms with Crippen LogP contribution in [0.3, 0.4) is 0 Å². The van der Waals surface area contributed by atoms with E-state index >= 15 is 0 Å². The number of methoxy groups -OCH3 is 1. The Balaban J connectivity index is 1.70. The average Bonchev–Trinajstić information content (AvgIpc) is 3.24. The number of ether oxygens (including phenoxy) is 2. The van der Waals surface area contributed by atoms with E-state index in [1.807, 2.05) is 18.2 Å². The lowest BCUT2D eigenvalue weighted by molar-refractivity contribution is -0.124. The lowest BCUT2D eigenvalue weighted by Crippen LogP contribution is -2.53. The van der Waals surface area contributed by atoms with Gasteiger partial charge in [0.2, 0.25) is 0 Å². The van der Waals surface area contributed by atoms with Gasteiger partial charge in [-0.2, -0.15) is 4.98 Å². The third-order valence-electron chi connectivity index (χ3n) is 6.02. The Morgan fingerprint density at radius 3 is 2.56 bits per heavy atom. The van der Waals surface area contributed by atoms with Crippen molar-refractivity contribution in [2.45, 2.75) is 18.5 Å². The van der Waals surface area contributed by atoms with E-state index < -0.39 is 23.3 Å². The number of carbonyl (C=O) groups excluding carboxylic acids is 2. The van der Waals surface area contributed by atoms with Gasteiger partial charge in [0.15, 0.2) is 5.78 Å². The highest BCUT2D eigenvalue weighted by atomic mass is 32.1. The number of esters is 1. The summed E-state index contributed by atoms with van der Waals surface area (Å²) >= 11 is 1.13. The molecule has 2 aromatic carbocycles. The van der Waals surface area contributed by atoms with Gasteiger partial charge in [0.05, 0.1) is 23.5 Å². The molecule has 9 nitrogen and oxygen atoms in total. The minimum Gasteiger partial charge on any atom is -0.465 e. The molecule has 2 heterocycles. The summed E-state index contributed by atoms with van der Waals surface area (Å²) in [4.78, 5) is 35.1. The molecule has 0 radical (unpaired) electrons. The first-order chi connectivity index (χ1) is 16.3. The van der Waals surface area contributed by atoms with Crippen LogP contribution < -0.4 is 21.9 Å². The SMILES string of the molecule is COC(=O)c1sc2c(N)ccc3c2c1C(N)C(=O)C3(N)c1cnc(Oc2ccccc2)nc1C. The number of carbonyl (C=O) groups is 2. The minimum atomic E-state index is -1.65. The maximum absolute atomic E-state index is 13.7. The summed E-state index contributed by atoms with van der Waals surface area (Å²) in [5.74, 6) is -0.499. The summed E-state index contributed by atoms with van der Waals surface area (Å²) in [6.07, 6.45) is 1.48. The number of Topliss-reactive ketones (excluding diaryl/α,β-unsaturated/α-hetero) is 1. The Morgan fingerprint density at radius 2 is 1.88 bits per heavy atom. The topological polar surface area (TPSA) is 156 Å². The largest absolute Gasteiger partial charge is 0.465 e. The van der Waals surface area contributed by atoms with Crippen LogP contribution in [0.2, 0.25) is 0 Å². The molecule has 10 heteroatoms. The zero-order valence-corrected chi connectivity index (χ0v) is 19.2. The molecule has 0 saturated carbocycles. The Morgan fingerprint density at radius 1 is 1.15 bits per heavy atom. The summed E-state index contributed by atoms with van der Waals surface area (Å²) in [6.45, 7) is 1.72. The molecule has 4 aromatic rings. The number of rotatable bonds is 4. The Hall–Kier alpha value is -3.86. The summed E-state index contributed by atoms with van der Waals surface area (Å²) in [5, 5.41) is 0.587. The number of nitrogen functional groups attached to an aromatic ring is 1. The number of ketones is 1. The molecule has 34 heavy (non-hydrogen) atoms. The number of anilines is 1. The van der Waals surface area contributed by atoms with Gasteiger partial charge < -0.3 is 26.7 Å². The number of hydrogen-bond donors (Lipinski definition) is 3. The second-order valence-electron chi connectivity index (χ2n) is 7.96. The molecule has 1 aliphatic rings. The minimum absolute atomic E-state index is 0.121. The van der Waals surface area contributed by atoms with Gasteiger partial charge in [0.1, 0.15) is 16.2 Å². The van der Waals surface area contributed by atoms with Gasteiger partial charge in [-0.15, -0.1) is 11.3 Å². The van der Waals surface area contributed by atoms with Crippen LogP contribution in [0.25, 0.3) is 10.1 Å². The molecular weight excluding hydrogens is 454 g/mol. The molecule has 2 unspecified atom stereocenters. The number of aryl methyl sites for hydroxylation is 1. The average molecular weight is 476 g/mol. The lowest BCUT2D eigenvalue weighted by Gasteiger charge is -2.36. The maximum atomic E-state index is 13.7. The standard InChI is InChI=1S/C24H21N5O4S/c1-11-14(10-28-23(29-11)33-12-6-4-3-5-7-12)24(27)13-8-9-15(25)19-16(13)17(18(26)21(24)30)20(34-19)22(31)32-2/h3-10,18H,25-27H2,1-2H3. The van der Waals surface area contributed by atoms with Crippen molar-refractivity contribution < 1.29 is 19.1 Å². The Kier molecular flexibility index (Phi) is 5.08. The van der Waals surface area contributed by atoms with E-state index in [1.165, 1.54) is 13.3 Å². The third-order valence-corrected chi connectivity index (χ3v) is 7.25. The van der Waals surface area contributed by atoms with Crippen molar-refractivity contribution in [3.8, 4) is 11.8 Å². The van der Waals surface area contributed by atoms with Crippen LogP contribution in [0.5, 0.6) is 11.8 Å². The molecule has 2 aromatic heterocycles. The van der Waals surface area contributed by atoms with Gasteiger partial charge in [-0.3, -0.25) is 4.79 Å². The molecule has 0 saturated heterocycles. The van der Waals surface area contributed by atoms with Gasteiger partial charge >= 0.3 is 12.0 Å². The van der Waals surface area contributed by atoms with Crippen molar-refractivity contribution in [3.63, 3.8) is 0 Å². The summed E-state index contributed by atoms with van der Waals surface area (Å²) in [6, 6.07) is 11.4. The second kappa shape index (κ2) is 7.87. The number of benzene rings is 2. The summed E-state index contributed by atoms with van der Waals surface area (Å²) in [5.41, 5.74) is 20.0. The number of hydrogen-bond acceptors (Lipinski definition) is 10. The van der Waals surface area contributed by atoms with Gasteiger partial charge in [-0.05, 0) is 30.7 Å². The van der Waals surface area contributed by atoms with E-state index in [-0.39, 0.29) is 10.9 Å². The van der Waals surface area contributed by atoms with E-state index in [9.17, 15) is 9.59 Å². The Bertz CT molecular complexity index is 1470. The van der Waals surface area contributed by atoms with E-state index in [2.05, 4.69) is 9.97 Å². The molecule has 0 amide bonds. The van der Waals surface area contributed by atoms with Crippen LogP contribution >= 0.6 is 11.3 Å². The van der Waals surface area contributed by atoms with Gasteiger partial charge in [-0.1, -0.05) is 24.3 Å². The second-order valence-corrected chi connectivity index (χ2v) is 8.98. The van der Waals surface area contributed by atoms with Crippen LogP contribution in [0.4, 0.5) is 5.69 Å². The highest BCUT2D eigenvalue weighted by Gasteiger charge is 2.50. The number of para-hydroxylation sites is 1. The first-order valence-electron chi connectivity index (χ1n) is 10.4. The van der Waals surface area contributed by atoms with Crippen molar-refractivity contribution in [3.05, 3.63) is 75.9 Å². The van der Waals surface area contributed by atoms with Gasteiger partial charge in [-0.25, -0.2) is 9.78 Å². The normalized spacial score (nSPS) is 19.3. The fourth-order valence-electron chi connectivity index (χ4n) is 4.38. The van der Waals surface area contributed by atoms with E-state index in [0.717, 1.165) is 11.3 Å². The smallest absolute Gasteiger partial charge is 0.348 e. The van der Waals surface area contributed by atoms with E-state index in [1.54, 1.807) is 31.2 Å². The van der Waals surface area contributed by atoms with Crippen molar-refractivity contribution in [2.75, 3.05) is 12.8 Å². The highest BCUT2D eigenvalue weighted by Crippen LogP contribution is 2.49. The van der Waals surface area contributed by atoms with Gasteiger partial charge in [0.25, 0.3) is 0 Å². The molecule has 0 bridgehead atoms. The Labute approximate surface area is 198 Å². The number of aromatic nitrogens is 2. The molecule has 2 atom stereocenters. The summed E-state index contributed by atoms with van der Waals surface area (Å²) in [7, 11) is 1.27. The van der Waals surface area contributed by atoms with Crippen molar-refractivity contribution in [1.82, 2.24) is 9.97 Å². The molecule has 1 aliphatic carbocycles. The van der Waals surface area contributed by atoms with Crippen LogP contribution in [0, 0.1) is 6.92 Å². The van der Waals surface area contributed by atoms with Gasteiger partial charge in [0, 0.05) is 28.4 Å². The first kappa shape index (κ1) is 22.0. The number of thiophene rings is 1. The van der Waals surface area contributed by atoms with E-state index in [0.29, 0.717) is 43.9 Å². The zero-order valence-electron chi connectivity index (χ0n) is 18.4. The molecule has 172 valence electrons. The monoisotopic (exact) mass is 475 g/mol. The molecule has 5 rings (SSSR count). The molecule has 0 fully saturated rings. The van der Waals surface area contributed by atoms with Crippen LogP contribution in [-0.2, 0) is 15.1 Å². The predicted octanol–water partition coefficient (Wildman–Crippen LogP) is 2.95. The fourth-order valence-corrected chi connectivity index (χ4v) is 5.60. The highest BCUT2D eigenvalue weighted by molar-refractivity contribution is 7.21. The maximum Gasteiger partial charge on any atom is 0.348 e. The van der Waals surface area contributed by atoms with Crippen molar-refractivity contribution in [2.24, 2.45) is 11.5 Å². The molecule has 6 N–H and O–H groups in total. The lowest BCUT2D eigenvalue weighted by atomic mass is 9.70. The van der Waals surface area contributed by atoms with Crippen molar-refractivity contribution in [1.29, 1.82) is 0 Å². The number of nitrogens with two attached hydrogens (primary N) is 3. The third kappa shape index (κ3) is 3.07.